The van der Waals surface area contributed by atoms with Gasteiger partial charge in [0.05, 0.1) is 0 Å². The highest BCUT2D eigenvalue weighted by Gasteiger charge is 2.23. The molecule has 0 saturated carbocycles. The van der Waals surface area contributed by atoms with Crippen LogP contribution >= 0.6 is 11.8 Å². The number of thioether (sulfide) groups is 1. The summed E-state index contributed by atoms with van der Waals surface area (Å²) in [6.07, 6.45) is 2.25. The number of rotatable bonds is 5. The van der Waals surface area contributed by atoms with Crippen LogP contribution in [0.5, 0.6) is 0 Å². The molecule has 2 aromatic rings. The fraction of sp³-hybridized carbons (Fsp3) is 0.500. The fourth-order valence-electron chi connectivity index (χ4n) is 2.53. The number of benzene rings is 1. The van der Waals surface area contributed by atoms with Crippen molar-refractivity contribution in [1.82, 2.24) is 10.2 Å². The maximum atomic E-state index is 5.60. The van der Waals surface area contributed by atoms with Crippen molar-refractivity contribution < 1.29 is 9.15 Å². The van der Waals surface area contributed by atoms with E-state index in [-0.39, 0.29) is 0 Å². The Kier molecular flexibility index (Phi) is 5.00. The van der Waals surface area contributed by atoms with Gasteiger partial charge in [0.1, 0.15) is 6.61 Å². The zero-order valence-electron chi connectivity index (χ0n) is 13.0. The molecule has 0 radical (unpaired) electrons. The molecule has 5 nitrogen and oxygen atoms in total. The molecule has 1 aromatic heterocycles. The van der Waals surface area contributed by atoms with Crippen LogP contribution in [0.2, 0.25) is 0 Å². The molecule has 1 saturated heterocycles. The third-order valence-corrected chi connectivity index (χ3v) is 5.11. The Morgan fingerprint density at radius 1 is 1.23 bits per heavy atom. The molecule has 1 aliphatic rings. The van der Waals surface area contributed by atoms with Crippen LogP contribution in [0.1, 0.15) is 24.3 Å². The number of ether oxygens (including phenoxy) is 1. The van der Waals surface area contributed by atoms with Gasteiger partial charge in [-0.2, -0.15) is 0 Å². The Hall–Kier alpha value is -1.53. The van der Waals surface area contributed by atoms with Crippen LogP contribution in [-0.2, 0) is 11.3 Å². The van der Waals surface area contributed by atoms with Gasteiger partial charge < -0.3 is 14.1 Å². The number of hydrogen-bond donors (Lipinski definition) is 0. The molecule has 0 spiro atoms. The second-order valence-electron chi connectivity index (χ2n) is 5.53. The van der Waals surface area contributed by atoms with Gasteiger partial charge >= 0.3 is 6.01 Å². The zero-order chi connectivity index (χ0) is 15.4. The SMILES string of the molecule is COCc1nnc(N2CCC(Sc3ccc(C)cc3)CC2)o1. The van der Waals surface area contributed by atoms with Gasteiger partial charge in [-0.3, -0.25) is 0 Å². The molecule has 1 aromatic carbocycles. The molecule has 2 heterocycles. The molecular weight excluding hydrogens is 298 g/mol. The van der Waals surface area contributed by atoms with E-state index in [0.29, 0.717) is 23.8 Å². The summed E-state index contributed by atoms with van der Waals surface area (Å²) in [5, 5.41) is 8.74. The lowest BCUT2D eigenvalue weighted by atomic mass is 10.1. The molecule has 22 heavy (non-hydrogen) atoms. The lowest BCUT2D eigenvalue weighted by Gasteiger charge is -2.30. The Balaban J connectivity index is 1.52. The van der Waals surface area contributed by atoms with Crippen LogP contribution in [0.3, 0.4) is 0 Å². The van der Waals surface area contributed by atoms with Gasteiger partial charge in [0, 0.05) is 30.3 Å². The average molecular weight is 319 g/mol. The van der Waals surface area contributed by atoms with Crippen molar-refractivity contribution >= 4 is 17.8 Å². The quantitative estimate of drug-likeness (QED) is 0.843. The molecule has 0 atom stereocenters. The van der Waals surface area contributed by atoms with Gasteiger partial charge in [-0.05, 0) is 31.9 Å². The maximum Gasteiger partial charge on any atom is 0.318 e. The van der Waals surface area contributed by atoms with Crippen LogP contribution in [0.25, 0.3) is 0 Å². The molecule has 118 valence electrons. The Morgan fingerprint density at radius 3 is 2.64 bits per heavy atom. The lowest BCUT2D eigenvalue weighted by molar-refractivity contribution is 0.160. The predicted molar refractivity (Wildman–Crippen MR) is 87.3 cm³/mol. The minimum Gasteiger partial charge on any atom is -0.405 e. The predicted octanol–water partition coefficient (Wildman–Crippen LogP) is 3.29. The first kappa shape index (κ1) is 15.4. The summed E-state index contributed by atoms with van der Waals surface area (Å²) in [4.78, 5) is 3.52. The molecule has 0 N–H and O–H groups in total. The largest absolute Gasteiger partial charge is 0.405 e. The monoisotopic (exact) mass is 319 g/mol. The molecule has 3 rings (SSSR count). The Labute approximate surface area is 135 Å². The maximum absolute atomic E-state index is 5.60. The van der Waals surface area contributed by atoms with E-state index in [4.69, 9.17) is 9.15 Å². The highest BCUT2D eigenvalue weighted by molar-refractivity contribution is 8.00. The highest BCUT2D eigenvalue weighted by Crippen LogP contribution is 2.31. The number of hydrogen-bond acceptors (Lipinski definition) is 6. The van der Waals surface area contributed by atoms with Crippen LogP contribution < -0.4 is 4.90 Å². The van der Waals surface area contributed by atoms with Crippen LogP contribution in [0.4, 0.5) is 6.01 Å². The van der Waals surface area contributed by atoms with Crippen molar-refractivity contribution in [2.45, 2.75) is 36.5 Å². The second-order valence-corrected chi connectivity index (χ2v) is 6.90. The van der Waals surface area contributed by atoms with E-state index < -0.39 is 0 Å². The van der Waals surface area contributed by atoms with E-state index >= 15 is 0 Å². The van der Waals surface area contributed by atoms with Crippen molar-refractivity contribution in [3.05, 3.63) is 35.7 Å². The van der Waals surface area contributed by atoms with Gasteiger partial charge in [-0.1, -0.05) is 22.8 Å². The van der Waals surface area contributed by atoms with Crippen molar-refractivity contribution in [1.29, 1.82) is 0 Å². The Bertz CT molecular complexity index is 592. The van der Waals surface area contributed by atoms with E-state index in [1.807, 2.05) is 11.8 Å². The average Bonchev–Trinajstić information content (AvgIpc) is 2.99. The van der Waals surface area contributed by atoms with Gasteiger partial charge in [0.25, 0.3) is 0 Å². The topological polar surface area (TPSA) is 51.4 Å². The first-order valence-corrected chi connectivity index (χ1v) is 8.42. The first-order chi connectivity index (χ1) is 10.7. The van der Waals surface area contributed by atoms with E-state index in [9.17, 15) is 0 Å². The minimum atomic E-state index is 0.368. The summed E-state index contributed by atoms with van der Waals surface area (Å²) in [6.45, 7) is 4.40. The van der Waals surface area contributed by atoms with Crippen molar-refractivity contribution in [2.75, 3.05) is 25.1 Å². The number of anilines is 1. The Morgan fingerprint density at radius 2 is 1.95 bits per heavy atom. The molecule has 1 fully saturated rings. The van der Waals surface area contributed by atoms with E-state index in [1.165, 1.54) is 10.5 Å². The zero-order valence-corrected chi connectivity index (χ0v) is 13.8. The van der Waals surface area contributed by atoms with Crippen LogP contribution in [0, 0.1) is 6.92 Å². The molecule has 0 amide bonds. The normalized spacial score (nSPS) is 16.2. The minimum absolute atomic E-state index is 0.368. The number of methoxy groups -OCH3 is 1. The number of piperidine rings is 1. The van der Waals surface area contributed by atoms with Gasteiger partial charge in [0.2, 0.25) is 5.89 Å². The molecular formula is C16H21N3O2S. The molecule has 0 unspecified atom stereocenters. The van der Waals surface area contributed by atoms with Crippen molar-refractivity contribution in [3.63, 3.8) is 0 Å². The number of aryl methyl sites for hydroxylation is 1. The van der Waals surface area contributed by atoms with Gasteiger partial charge in [-0.25, -0.2) is 0 Å². The summed E-state index contributed by atoms with van der Waals surface area (Å²) >= 11 is 1.97. The highest BCUT2D eigenvalue weighted by atomic mass is 32.2. The molecule has 1 aliphatic heterocycles. The van der Waals surface area contributed by atoms with Crippen LogP contribution in [-0.4, -0.2) is 35.6 Å². The second kappa shape index (κ2) is 7.15. The molecule has 6 heteroatoms. The smallest absolute Gasteiger partial charge is 0.318 e. The standard InChI is InChI=1S/C16H21N3O2S/c1-12-3-5-13(6-4-12)22-14-7-9-19(10-8-14)16-18-17-15(21-16)11-20-2/h3-6,14H,7-11H2,1-2H3. The molecule has 0 aliphatic carbocycles. The third-order valence-electron chi connectivity index (χ3n) is 3.76. The van der Waals surface area contributed by atoms with E-state index in [2.05, 4.69) is 46.3 Å². The van der Waals surface area contributed by atoms with E-state index in [0.717, 1.165) is 25.9 Å². The van der Waals surface area contributed by atoms with Crippen LogP contribution in [0.15, 0.2) is 33.6 Å². The van der Waals surface area contributed by atoms with Crippen molar-refractivity contribution in [3.8, 4) is 0 Å². The van der Waals surface area contributed by atoms with Gasteiger partial charge in [0.15, 0.2) is 0 Å². The first-order valence-electron chi connectivity index (χ1n) is 7.54. The van der Waals surface area contributed by atoms with Crippen molar-refractivity contribution in [2.24, 2.45) is 0 Å². The lowest BCUT2D eigenvalue weighted by Crippen LogP contribution is -2.35. The fourth-order valence-corrected chi connectivity index (χ4v) is 3.65. The number of nitrogens with zero attached hydrogens (tertiary/aromatic N) is 3. The summed E-state index contributed by atoms with van der Waals surface area (Å²) < 4.78 is 10.6. The van der Waals surface area contributed by atoms with E-state index in [1.54, 1.807) is 7.11 Å². The summed E-state index contributed by atoms with van der Waals surface area (Å²) in [7, 11) is 1.62. The van der Waals surface area contributed by atoms with Gasteiger partial charge in [-0.15, -0.1) is 16.9 Å². The summed E-state index contributed by atoms with van der Waals surface area (Å²) in [6, 6.07) is 9.38. The number of aromatic nitrogens is 2. The third kappa shape index (κ3) is 3.81. The molecule has 0 bridgehead atoms. The summed E-state index contributed by atoms with van der Waals surface area (Å²) in [5.41, 5.74) is 1.31. The summed E-state index contributed by atoms with van der Waals surface area (Å²) in [5.74, 6) is 0.536.